The summed E-state index contributed by atoms with van der Waals surface area (Å²) in [6.45, 7) is 5.99. The van der Waals surface area contributed by atoms with Crippen LogP contribution in [0.5, 0.6) is 0 Å². The summed E-state index contributed by atoms with van der Waals surface area (Å²) in [6.07, 6.45) is 2.30. The molecule has 0 spiro atoms. The van der Waals surface area contributed by atoms with Gasteiger partial charge in [0.1, 0.15) is 11.7 Å². The topological polar surface area (TPSA) is 78.3 Å². The zero-order valence-corrected chi connectivity index (χ0v) is 14.4. The smallest absolute Gasteiger partial charge is 0.270 e. The monoisotopic (exact) mass is 329 g/mol. The fourth-order valence-corrected chi connectivity index (χ4v) is 3.32. The van der Waals surface area contributed by atoms with Crippen LogP contribution in [0.25, 0.3) is 0 Å². The van der Waals surface area contributed by atoms with Gasteiger partial charge in [-0.3, -0.25) is 9.69 Å². The van der Waals surface area contributed by atoms with E-state index >= 15 is 0 Å². The van der Waals surface area contributed by atoms with Crippen molar-refractivity contribution in [1.82, 2.24) is 24.9 Å². The lowest BCUT2D eigenvalue weighted by molar-refractivity contribution is 0.0483. The third-order valence-electron chi connectivity index (χ3n) is 4.98. The molecule has 1 saturated carbocycles. The molecular weight excluding hydrogens is 306 g/mol. The second-order valence-electron chi connectivity index (χ2n) is 7.02. The zero-order valence-electron chi connectivity index (χ0n) is 14.4. The minimum Gasteiger partial charge on any atom is -0.354 e. The number of H-pyrrole nitrogens is 1. The Hall–Kier alpha value is -2.15. The van der Waals surface area contributed by atoms with E-state index in [1.807, 2.05) is 31.9 Å². The lowest BCUT2D eigenvalue weighted by Gasteiger charge is -2.37. The summed E-state index contributed by atoms with van der Waals surface area (Å²) in [5.74, 6) is 1.95. The van der Waals surface area contributed by atoms with Crippen molar-refractivity contribution in [2.45, 2.75) is 38.6 Å². The minimum atomic E-state index is -0.0425. The van der Waals surface area contributed by atoms with Crippen molar-refractivity contribution in [3.8, 4) is 0 Å². The molecule has 1 aliphatic carbocycles. The van der Waals surface area contributed by atoms with Crippen LogP contribution in [-0.2, 0) is 0 Å². The average molecular weight is 329 g/mol. The number of hydrogen-bond acceptors (Lipinski definition) is 5. The van der Waals surface area contributed by atoms with Gasteiger partial charge < -0.3 is 14.4 Å². The maximum atomic E-state index is 12.9. The summed E-state index contributed by atoms with van der Waals surface area (Å²) in [7, 11) is 2.04. The maximum Gasteiger partial charge on any atom is 0.270 e. The zero-order chi connectivity index (χ0) is 16.8. The quantitative estimate of drug-likeness (QED) is 0.932. The summed E-state index contributed by atoms with van der Waals surface area (Å²) in [4.78, 5) is 24.7. The van der Waals surface area contributed by atoms with Crippen LogP contribution >= 0.6 is 0 Å². The van der Waals surface area contributed by atoms with Crippen molar-refractivity contribution in [1.29, 1.82) is 0 Å². The van der Waals surface area contributed by atoms with E-state index in [4.69, 9.17) is 4.52 Å². The number of piperazine rings is 1. The largest absolute Gasteiger partial charge is 0.354 e. The van der Waals surface area contributed by atoms with Gasteiger partial charge in [0.2, 0.25) is 5.89 Å². The SMILES string of the molecule is Cc1cc(C)c(C(=O)N2CCN(C)C(c3nc(C4CC4)no3)C2)[nH]1. The molecule has 0 radical (unpaired) electrons. The van der Waals surface area contributed by atoms with Crippen molar-refractivity contribution >= 4 is 5.91 Å². The van der Waals surface area contributed by atoms with Gasteiger partial charge in [0, 0.05) is 31.2 Å². The first-order valence-corrected chi connectivity index (χ1v) is 8.52. The molecule has 2 aromatic heterocycles. The van der Waals surface area contributed by atoms with E-state index in [2.05, 4.69) is 20.0 Å². The van der Waals surface area contributed by atoms with Crippen LogP contribution in [-0.4, -0.2) is 57.5 Å². The van der Waals surface area contributed by atoms with Crippen molar-refractivity contribution in [2.24, 2.45) is 0 Å². The minimum absolute atomic E-state index is 0.0423. The molecule has 1 unspecified atom stereocenters. The second kappa shape index (κ2) is 5.73. The summed E-state index contributed by atoms with van der Waals surface area (Å²) >= 11 is 0. The highest BCUT2D eigenvalue weighted by Gasteiger charge is 2.35. The number of rotatable bonds is 3. The lowest BCUT2D eigenvalue weighted by atomic mass is 10.1. The number of aromatic nitrogens is 3. The number of likely N-dealkylation sites (N-methyl/N-ethyl adjacent to an activating group) is 1. The average Bonchev–Trinajstić information content (AvgIpc) is 3.19. The molecule has 2 aliphatic rings. The number of nitrogens with one attached hydrogen (secondary N) is 1. The molecule has 1 aliphatic heterocycles. The Morgan fingerprint density at radius 2 is 2.12 bits per heavy atom. The normalized spacial score (nSPS) is 22.1. The molecule has 7 nitrogen and oxygen atoms in total. The highest BCUT2D eigenvalue weighted by Crippen LogP contribution is 2.38. The Balaban J connectivity index is 1.53. The molecule has 3 heterocycles. The fraction of sp³-hybridized carbons (Fsp3) is 0.588. The van der Waals surface area contributed by atoms with Crippen LogP contribution in [0.1, 0.15) is 58.3 Å². The number of amides is 1. The Kier molecular flexibility index (Phi) is 3.68. The van der Waals surface area contributed by atoms with Gasteiger partial charge >= 0.3 is 0 Å². The number of carbonyl (C=O) groups excluding carboxylic acids is 1. The van der Waals surface area contributed by atoms with E-state index in [9.17, 15) is 4.79 Å². The molecule has 2 aromatic rings. The maximum absolute atomic E-state index is 12.9. The molecule has 24 heavy (non-hydrogen) atoms. The molecule has 0 aromatic carbocycles. The second-order valence-corrected chi connectivity index (χ2v) is 7.02. The van der Waals surface area contributed by atoms with Crippen molar-refractivity contribution in [2.75, 3.05) is 26.7 Å². The van der Waals surface area contributed by atoms with E-state index in [0.717, 1.165) is 36.5 Å². The number of nitrogens with zero attached hydrogens (tertiary/aromatic N) is 4. The van der Waals surface area contributed by atoms with Gasteiger partial charge in [0.05, 0.1) is 0 Å². The van der Waals surface area contributed by atoms with Crippen molar-refractivity contribution in [3.05, 3.63) is 34.7 Å². The van der Waals surface area contributed by atoms with Crippen LogP contribution in [0.3, 0.4) is 0 Å². The van der Waals surface area contributed by atoms with Gasteiger partial charge in [-0.1, -0.05) is 5.16 Å². The molecule has 7 heteroatoms. The van der Waals surface area contributed by atoms with Crippen molar-refractivity contribution < 1.29 is 9.32 Å². The van der Waals surface area contributed by atoms with Gasteiger partial charge in [-0.15, -0.1) is 0 Å². The van der Waals surface area contributed by atoms with Gasteiger partial charge in [0.15, 0.2) is 5.82 Å². The first kappa shape index (κ1) is 15.4. The van der Waals surface area contributed by atoms with Crippen LogP contribution in [0.15, 0.2) is 10.6 Å². The van der Waals surface area contributed by atoms with Gasteiger partial charge in [-0.25, -0.2) is 0 Å². The standard InChI is InChI=1S/C17H23N5O2/c1-10-8-11(2)18-14(10)17(23)22-7-6-21(3)13(9-22)16-19-15(20-24-16)12-4-5-12/h8,12-13,18H,4-7,9H2,1-3H3. The van der Waals surface area contributed by atoms with Crippen LogP contribution < -0.4 is 0 Å². The first-order chi connectivity index (χ1) is 11.5. The first-order valence-electron chi connectivity index (χ1n) is 8.52. The highest BCUT2D eigenvalue weighted by molar-refractivity contribution is 5.94. The number of carbonyl (C=O) groups is 1. The Morgan fingerprint density at radius 3 is 2.79 bits per heavy atom. The van der Waals surface area contributed by atoms with Crippen LogP contribution in [0, 0.1) is 13.8 Å². The van der Waals surface area contributed by atoms with Crippen LogP contribution in [0.2, 0.25) is 0 Å². The molecule has 1 atom stereocenters. The molecule has 1 amide bonds. The van der Waals surface area contributed by atoms with Crippen LogP contribution in [0.4, 0.5) is 0 Å². The van der Waals surface area contributed by atoms with E-state index < -0.39 is 0 Å². The van der Waals surface area contributed by atoms with E-state index in [-0.39, 0.29) is 11.9 Å². The highest BCUT2D eigenvalue weighted by atomic mass is 16.5. The lowest BCUT2D eigenvalue weighted by Crippen LogP contribution is -2.49. The predicted octanol–water partition coefficient (Wildman–Crippen LogP) is 2.02. The molecule has 1 saturated heterocycles. The van der Waals surface area contributed by atoms with E-state index in [1.54, 1.807) is 0 Å². The van der Waals surface area contributed by atoms with E-state index in [0.29, 0.717) is 30.6 Å². The third-order valence-corrected chi connectivity index (χ3v) is 4.98. The summed E-state index contributed by atoms with van der Waals surface area (Å²) < 4.78 is 5.49. The van der Waals surface area contributed by atoms with Gasteiger partial charge in [0.25, 0.3) is 5.91 Å². The predicted molar refractivity (Wildman–Crippen MR) is 87.8 cm³/mol. The number of hydrogen-bond donors (Lipinski definition) is 1. The molecule has 4 rings (SSSR count). The molecule has 1 N–H and O–H groups in total. The number of aromatic amines is 1. The Bertz CT molecular complexity index is 761. The molecule has 2 fully saturated rings. The third kappa shape index (κ3) is 2.73. The van der Waals surface area contributed by atoms with E-state index in [1.165, 1.54) is 0 Å². The summed E-state index contributed by atoms with van der Waals surface area (Å²) in [5, 5.41) is 4.11. The summed E-state index contributed by atoms with van der Waals surface area (Å²) in [6, 6.07) is 1.96. The molecule has 0 bridgehead atoms. The Labute approximate surface area is 141 Å². The fourth-order valence-electron chi connectivity index (χ4n) is 3.32. The molecule has 128 valence electrons. The van der Waals surface area contributed by atoms with Gasteiger partial charge in [-0.05, 0) is 45.4 Å². The Morgan fingerprint density at radius 1 is 1.33 bits per heavy atom. The summed E-state index contributed by atoms with van der Waals surface area (Å²) in [5.41, 5.74) is 2.68. The van der Waals surface area contributed by atoms with Crippen molar-refractivity contribution in [3.63, 3.8) is 0 Å². The number of aryl methyl sites for hydroxylation is 2. The molecular formula is C17H23N5O2. The van der Waals surface area contributed by atoms with Gasteiger partial charge in [-0.2, -0.15) is 4.98 Å².